The second-order valence-electron chi connectivity index (χ2n) is 1.48. The van der Waals surface area contributed by atoms with E-state index < -0.39 is 0 Å². The Kier molecular flexibility index (Phi) is 11.4. The zero-order valence-corrected chi connectivity index (χ0v) is 7.72. The van der Waals surface area contributed by atoms with Crippen molar-refractivity contribution >= 4 is 12.4 Å². The largest absolute Gasteiger partial charge is 0.147 e. The average Bonchev–Trinajstić information content (AvgIpc) is 1.68. The molecule has 0 radical (unpaired) electrons. The number of nitrogens with zero attached hydrogens (tertiary/aromatic N) is 1. The van der Waals surface area contributed by atoms with Crippen molar-refractivity contribution in [3.63, 3.8) is 0 Å². The SMILES string of the molecule is C=CC[N]([Ti])CC=C.Cl. The fraction of sp³-hybridized carbons (Fsp3) is 0.333. The molecule has 0 aromatic rings. The molecular formula is C6H11ClNTi. The van der Waals surface area contributed by atoms with Gasteiger partial charge in [-0.25, -0.2) is 0 Å². The molecule has 0 bridgehead atoms. The van der Waals surface area contributed by atoms with Crippen LogP contribution in [0.5, 0.6) is 0 Å². The zero-order valence-electron chi connectivity index (χ0n) is 5.34. The Morgan fingerprint density at radius 2 is 1.56 bits per heavy atom. The molecular weight excluding hydrogens is 169 g/mol. The summed E-state index contributed by atoms with van der Waals surface area (Å²) in [6.45, 7) is 9.09. The van der Waals surface area contributed by atoms with Gasteiger partial charge in [0.05, 0.1) is 0 Å². The van der Waals surface area contributed by atoms with Crippen LogP contribution in [0.2, 0.25) is 0 Å². The van der Waals surface area contributed by atoms with E-state index in [0.29, 0.717) is 0 Å². The van der Waals surface area contributed by atoms with Crippen LogP contribution >= 0.6 is 12.4 Å². The molecule has 9 heavy (non-hydrogen) atoms. The molecule has 0 amide bonds. The molecule has 0 rings (SSSR count). The Balaban J connectivity index is 0. The molecule has 3 heteroatoms. The predicted octanol–water partition coefficient (Wildman–Crippen LogP) is 1.54. The van der Waals surface area contributed by atoms with Gasteiger partial charge in [0.15, 0.2) is 0 Å². The second-order valence-corrected chi connectivity index (χ2v) is 2.47. The molecule has 0 aliphatic rings. The van der Waals surface area contributed by atoms with Crippen molar-refractivity contribution in [2.75, 3.05) is 13.1 Å². The Labute approximate surface area is 74.9 Å². The topological polar surface area (TPSA) is 3.24 Å². The fourth-order valence-corrected chi connectivity index (χ4v) is 0.789. The molecule has 0 aliphatic carbocycles. The summed E-state index contributed by atoms with van der Waals surface area (Å²) >= 11 is 2.03. The van der Waals surface area contributed by atoms with E-state index in [-0.39, 0.29) is 12.4 Å². The molecule has 0 spiro atoms. The maximum Gasteiger partial charge on any atom is -0.147 e. The summed E-state index contributed by atoms with van der Waals surface area (Å²) in [6.07, 6.45) is 3.76. The van der Waals surface area contributed by atoms with Crippen LogP contribution in [0.3, 0.4) is 0 Å². The first-order valence-electron chi connectivity index (χ1n) is 2.49. The Morgan fingerprint density at radius 3 is 1.78 bits per heavy atom. The van der Waals surface area contributed by atoms with Crippen molar-refractivity contribution in [1.82, 2.24) is 3.38 Å². The maximum atomic E-state index is 3.61. The Morgan fingerprint density at radius 1 is 1.22 bits per heavy atom. The summed E-state index contributed by atoms with van der Waals surface area (Å²) in [5, 5.41) is 0. The van der Waals surface area contributed by atoms with Gasteiger partial charge in [-0.1, -0.05) is 0 Å². The molecule has 0 aromatic carbocycles. The Hall–Kier alpha value is 0.444. The summed E-state index contributed by atoms with van der Waals surface area (Å²) in [5.41, 5.74) is 0. The first-order valence-corrected chi connectivity index (χ1v) is 3.19. The van der Waals surface area contributed by atoms with Crippen molar-refractivity contribution in [1.29, 1.82) is 0 Å². The molecule has 0 N–H and O–H groups in total. The third-order valence-electron chi connectivity index (χ3n) is 0.699. The van der Waals surface area contributed by atoms with Crippen LogP contribution < -0.4 is 0 Å². The molecule has 0 heterocycles. The first kappa shape index (κ1) is 12.2. The summed E-state index contributed by atoms with van der Waals surface area (Å²) in [5.74, 6) is 0. The third-order valence-corrected chi connectivity index (χ3v) is 1.27. The van der Waals surface area contributed by atoms with Crippen LogP contribution in [0.4, 0.5) is 0 Å². The van der Waals surface area contributed by atoms with Gasteiger partial charge < -0.3 is 0 Å². The number of hydrogen-bond acceptors (Lipinski definition) is 1. The summed E-state index contributed by atoms with van der Waals surface area (Å²) in [4.78, 5) is 0. The van der Waals surface area contributed by atoms with Gasteiger partial charge in [-0.3, -0.25) is 0 Å². The smallest absolute Gasteiger partial charge is 0.147 e. The first-order chi connectivity index (χ1) is 3.81. The molecule has 0 aromatic heterocycles. The van der Waals surface area contributed by atoms with Gasteiger partial charge in [-0.2, -0.15) is 0 Å². The van der Waals surface area contributed by atoms with Crippen molar-refractivity contribution < 1.29 is 20.7 Å². The number of hydrogen-bond donors (Lipinski definition) is 0. The van der Waals surface area contributed by atoms with E-state index in [9.17, 15) is 0 Å². The number of rotatable bonds is 4. The van der Waals surface area contributed by atoms with Crippen molar-refractivity contribution in [2.45, 2.75) is 0 Å². The van der Waals surface area contributed by atoms with Gasteiger partial charge >= 0.3 is 62.5 Å². The zero-order chi connectivity index (χ0) is 6.41. The minimum atomic E-state index is 0. The normalized spacial score (nSPS) is 8.00. The minimum Gasteiger partial charge on any atom is -0.147 e. The van der Waals surface area contributed by atoms with Gasteiger partial charge in [0, 0.05) is 0 Å². The quantitative estimate of drug-likeness (QED) is 0.469. The van der Waals surface area contributed by atoms with E-state index in [4.69, 9.17) is 0 Å². The Bertz CT molecular complexity index is 75.1. The second kappa shape index (κ2) is 8.44. The fourth-order valence-electron chi connectivity index (χ4n) is 0.386. The van der Waals surface area contributed by atoms with Crippen molar-refractivity contribution in [3.8, 4) is 0 Å². The molecule has 0 saturated carbocycles. The van der Waals surface area contributed by atoms with Gasteiger partial charge in [-0.15, -0.1) is 12.4 Å². The number of halogens is 1. The minimum absolute atomic E-state index is 0. The summed E-state index contributed by atoms with van der Waals surface area (Å²) in [7, 11) is 0. The summed E-state index contributed by atoms with van der Waals surface area (Å²) in [6, 6.07) is 0. The van der Waals surface area contributed by atoms with Crippen molar-refractivity contribution in [3.05, 3.63) is 25.3 Å². The summed E-state index contributed by atoms with van der Waals surface area (Å²) < 4.78 is 2.12. The molecule has 0 unspecified atom stereocenters. The molecule has 1 nitrogen and oxygen atoms in total. The van der Waals surface area contributed by atoms with Crippen molar-refractivity contribution in [2.24, 2.45) is 0 Å². The molecule has 0 atom stereocenters. The van der Waals surface area contributed by atoms with Crippen LogP contribution in [0.15, 0.2) is 25.3 Å². The van der Waals surface area contributed by atoms with Crippen LogP contribution in [0, 0.1) is 0 Å². The van der Waals surface area contributed by atoms with Gasteiger partial charge in [-0.05, 0) is 0 Å². The van der Waals surface area contributed by atoms with E-state index in [1.54, 1.807) is 0 Å². The van der Waals surface area contributed by atoms with E-state index in [1.807, 2.05) is 32.8 Å². The molecule has 0 fully saturated rings. The average molecular weight is 180 g/mol. The van der Waals surface area contributed by atoms with Gasteiger partial charge in [0.2, 0.25) is 0 Å². The molecule has 0 aliphatic heterocycles. The third kappa shape index (κ3) is 8.44. The van der Waals surface area contributed by atoms with E-state index in [1.165, 1.54) is 0 Å². The predicted molar refractivity (Wildman–Crippen MR) is 39.2 cm³/mol. The van der Waals surface area contributed by atoms with Gasteiger partial charge in [0.25, 0.3) is 0 Å². The van der Waals surface area contributed by atoms with Gasteiger partial charge in [0.1, 0.15) is 0 Å². The van der Waals surface area contributed by atoms with E-state index in [0.717, 1.165) is 13.1 Å². The van der Waals surface area contributed by atoms with Crippen LogP contribution in [0.1, 0.15) is 0 Å². The van der Waals surface area contributed by atoms with E-state index in [2.05, 4.69) is 16.5 Å². The van der Waals surface area contributed by atoms with Crippen LogP contribution in [-0.2, 0) is 20.7 Å². The standard InChI is InChI=1S/C6H10N.ClH.Ti/c1-3-5-7-6-4-2;;/h3-4H,1-2,5-6H2;1H;/q-1;;+1. The molecule has 51 valence electrons. The molecule has 0 saturated heterocycles. The maximum absolute atomic E-state index is 3.61. The van der Waals surface area contributed by atoms with Crippen LogP contribution in [0.25, 0.3) is 0 Å². The monoisotopic (exact) mass is 180 g/mol. The van der Waals surface area contributed by atoms with Crippen LogP contribution in [-0.4, -0.2) is 16.5 Å². The van der Waals surface area contributed by atoms with E-state index >= 15 is 0 Å².